The van der Waals surface area contributed by atoms with Gasteiger partial charge in [0.25, 0.3) is 0 Å². The molecule has 1 unspecified atom stereocenters. The van der Waals surface area contributed by atoms with E-state index in [1.165, 1.54) is 18.3 Å². The lowest BCUT2D eigenvalue weighted by Gasteiger charge is -2.18. The number of pyridine rings is 1. The Bertz CT molecular complexity index is 555. The summed E-state index contributed by atoms with van der Waals surface area (Å²) in [7, 11) is 1.71. The molecule has 2 rings (SSSR count). The molecule has 1 heterocycles. The van der Waals surface area contributed by atoms with Gasteiger partial charge in [-0.05, 0) is 31.7 Å². The van der Waals surface area contributed by atoms with Crippen LogP contribution in [0.2, 0.25) is 0 Å². The van der Waals surface area contributed by atoms with Gasteiger partial charge in [0, 0.05) is 11.8 Å². The molecule has 1 N–H and O–H groups in total. The van der Waals surface area contributed by atoms with E-state index < -0.39 is 11.9 Å². The van der Waals surface area contributed by atoms with Crippen LogP contribution < -0.4 is 5.32 Å². The van der Waals surface area contributed by atoms with Crippen LogP contribution in [0.3, 0.4) is 0 Å². The van der Waals surface area contributed by atoms with E-state index in [1.807, 2.05) is 6.92 Å². The maximum atomic E-state index is 13.8. The molecule has 18 heavy (non-hydrogen) atoms. The van der Waals surface area contributed by atoms with Gasteiger partial charge in [0.1, 0.15) is 11.6 Å². The minimum Gasteiger partial charge on any atom is -0.309 e. The third-order valence-electron chi connectivity index (χ3n) is 2.81. The van der Waals surface area contributed by atoms with Crippen molar-refractivity contribution >= 4 is 0 Å². The zero-order valence-electron chi connectivity index (χ0n) is 10.2. The largest absolute Gasteiger partial charge is 0.309 e. The van der Waals surface area contributed by atoms with Crippen LogP contribution in [0.15, 0.2) is 36.7 Å². The summed E-state index contributed by atoms with van der Waals surface area (Å²) in [6.07, 6.45) is 2.66. The predicted octanol–water partition coefficient (Wildman–Crippen LogP) is 2.98. The molecule has 4 heteroatoms. The van der Waals surface area contributed by atoms with Crippen molar-refractivity contribution in [3.63, 3.8) is 0 Å². The smallest absolute Gasteiger partial charge is 0.141 e. The Labute approximate surface area is 105 Å². The molecular weight excluding hydrogens is 234 g/mol. The summed E-state index contributed by atoms with van der Waals surface area (Å²) in [6, 6.07) is 5.82. The first-order valence-electron chi connectivity index (χ1n) is 5.65. The number of halogens is 2. The Kier molecular flexibility index (Phi) is 3.67. The highest BCUT2D eigenvalue weighted by Gasteiger charge is 2.17. The highest BCUT2D eigenvalue weighted by Crippen LogP contribution is 2.24. The molecule has 0 saturated heterocycles. The first-order valence-corrected chi connectivity index (χ1v) is 5.65. The topological polar surface area (TPSA) is 24.9 Å². The Morgan fingerprint density at radius 2 is 1.94 bits per heavy atom. The van der Waals surface area contributed by atoms with E-state index in [2.05, 4.69) is 10.3 Å². The van der Waals surface area contributed by atoms with Gasteiger partial charge in [-0.15, -0.1) is 0 Å². The quantitative estimate of drug-likeness (QED) is 0.903. The van der Waals surface area contributed by atoms with E-state index in [0.29, 0.717) is 11.1 Å². The molecule has 1 aromatic carbocycles. The molecule has 0 fully saturated rings. The lowest BCUT2D eigenvalue weighted by atomic mass is 9.98. The van der Waals surface area contributed by atoms with E-state index >= 15 is 0 Å². The molecule has 0 spiro atoms. The molecule has 94 valence electrons. The van der Waals surface area contributed by atoms with Crippen LogP contribution in [-0.2, 0) is 0 Å². The highest BCUT2D eigenvalue weighted by atomic mass is 19.1. The van der Waals surface area contributed by atoms with Crippen molar-refractivity contribution < 1.29 is 8.78 Å². The van der Waals surface area contributed by atoms with Gasteiger partial charge in [0.2, 0.25) is 0 Å². The highest BCUT2D eigenvalue weighted by molar-refractivity contribution is 5.34. The van der Waals surface area contributed by atoms with Crippen molar-refractivity contribution in [1.82, 2.24) is 10.3 Å². The molecule has 0 radical (unpaired) electrons. The first kappa shape index (κ1) is 12.6. The van der Waals surface area contributed by atoms with Crippen molar-refractivity contribution in [2.45, 2.75) is 13.0 Å². The molecule has 0 saturated carbocycles. The third kappa shape index (κ3) is 2.54. The normalized spacial score (nSPS) is 12.4. The van der Waals surface area contributed by atoms with Gasteiger partial charge in [0.05, 0.1) is 12.2 Å². The number of aromatic nitrogens is 1. The zero-order chi connectivity index (χ0) is 13.1. The summed E-state index contributed by atoms with van der Waals surface area (Å²) in [4.78, 5) is 3.79. The number of benzene rings is 1. The number of aryl methyl sites for hydroxylation is 1. The van der Waals surface area contributed by atoms with Crippen molar-refractivity contribution in [2.75, 3.05) is 7.05 Å². The van der Waals surface area contributed by atoms with E-state index in [4.69, 9.17) is 0 Å². The monoisotopic (exact) mass is 248 g/mol. The molecule has 0 aliphatic carbocycles. The molecule has 2 aromatic rings. The molecule has 0 aliphatic heterocycles. The summed E-state index contributed by atoms with van der Waals surface area (Å²) < 4.78 is 27.0. The second kappa shape index (κ2) is 5.23. The van der Waals surface area contributed by atoms with E-state index in [1.54, 1.807) is 19.2 Å². The van der Waals surface area contributed by atoms with Gasteiger partial charge in [0.15, 0.2) is 0 Å². The van der Waals surface area contributed by atoms with E-state index in [0.717, 1.165) is 11.8 Å². The number of nitrogens with one attached hydrogen (secondary N) is 1. The van der Waals surface area contributed by atoms with Crippen molar-refractivity contribution in [2.24, 2.45) is 0 Å². The fraction of sp³-hybridized carbons (Fsp3) is 0.214. The zero-order valence-corrected chi connectivity index (χ0v) is 10.2. The summed E-state index contributed by atoms with van der Waals surface area (Å²) in [5.74, 6) is -0.745. The lowest BCUT2D eigenvalue weighted by Crippen LogP contribution is -2.19. The fourth-order valence-corrected chi connectivity index (χ4v) is 1.97. The van der Waals surface area contributed by atoms with Crippen LogP contribution in [0.4, 0.5) is 8.78 Å². The number of nitrogens with zero attached hydrogens (tertiary/aromatic N) is 1. The molecule has 0 bridgehead atoms. The predicted molar refractivity (Wildman–Crippen MR) is 66.2 cm³/mol. The minimum atomic E-state index is -0.430. The van der Waals surface area contributed by atoms with Crippen molar-refractivity contribution in [1.29, 1.82) is 0 Å². The Morgan fingerprint density at radius 3 is 2.61 bits per heavy atom. The van der Waals surface area contributed by atoms with Crippen LogP contribution in [0.5, 0.6) is 0 Å². The molecule has 2 nitrogen and oxygen atoms in total. The molecule has 0 amide bonds. The van der Waals surface area contributed by atoms with Crippen LogP contribution >= 0.6 is 0 Å². The Morgan fingerprint density at radius 1 is 1.17 bits per heavy atom. The van der Waals surface area contributed by atoms with Gasteiger partial charge in [-0.3, -0.25) is 4.98 Å². The van der Waals surface area contributed by atoms with Crippen LogP contribution in [0.25, 0.3) is 0 Å². The van der Waals surface area contributed by atoms with Gasteiger partial charge in [-0.2, -0.15) is 0 Å². The number of hydrogen-bond donors (Lipinski definition) is 1. The van der Waals surface area contributed by atoms with Gasteiger partial charge in [-0.1, -0.05) is 17.7 Å². The summed E-state index contributed by atoms with van der Waals surface area (Å²) in [5, 5.41) is 2.98. The average molecular weight is 248 g/mol. The maximum Gasteiger partial charge on any atom is 0.141 e. The second-order valence-corrected chi connectivity index (χ2v) is 4.18. The number of rotatable bonds is 3. The summed E-state index contributed by atoms with van der Waals surface area (Å²) in [5.41, 5.74) is 2.04. The lowest BCUT2D eigenvalue weighted by molar-refractivity contribution is 0.568. The molecule has 1 atom stereocenters. The Balaban J connectivity index is 2.48. The number of hydrogen-bond acceptors (Lipinski definition) is 2. The first-order chi connectivity index (χ1) is 8.61. The fourth-order valence-electron chi connectivity index (χ4n) is 1.97. The standard InChI is InChI=1S/C14H14F2N2/c1-9-3-4-13(16)12(5-9)14(17-2)10-6-11(15)8-18-7-10/h3-8,14,17H,1-2H3. The summed E-state index contributed by atoms with van der Waals surface area (Å²) >= 11 is 0. The molecular formula is C14H14F2N2. The van der Waals surface area contributed by atoms with Crippen molar-refractivity contribution in [3.05, 3.63) is 65.0 Å². The van der Waals surface area contributed by atoms with Crippen LogP contribution in [-0.4, -0.2) is 12.0 Å². The van der Waals surface area contributed by atoms with Gasteiger partial charge in [-0.25, -0.2) is 8.78 Å². The van der Waals surface area contributed by atoms with E-state index in [-0.39, 0.29) is 5.82 Å². The molecule has 1 aromatic heterocycles. The third-order valence-corrected chi connectivity index (χ3v) is 2.81. The SMILES string of the molecule is CNC(c1cncc(F)c1)c1cc(C)ccc1F. The minimum absolute atomic E-state index is 0.316. The van der Waals surface area contributed by atoms with Crippen LogP contribution in [0.1, 0.15) is 22.7 Å². The second-order valence-electron chi connectivity index (χ2n) is 4.18. The van der Waals surface area contributed by atoms with Gasteiger partial charge < -0.3 is 5.32 Å². The average Bonchev–Trinajstić information content (AvgIpc) is 2.35. The Hall–Kier alpha value is -1.81. The van der Waals surface area contributed by atoms with E-state index in [9.17, 15) is 8.78 Å². The van der Waals surface area contributed by atoms with Crippen LogP contribution in [0, 0.1) is 18.6 Å². The summed E-state index contributed by atoms with van der Waals surface area (Å²) in [6.45, 7) is 1.89. The molecule has 0 aliphatic rings. The maximum absolute atomic E-state index is 13.8. The van der Waals surface area contributed by atoms with Gasteiger partial charge >= 0.3 is 0 Å². The van der Waals surface area contributed by atoms with Crippen molar-refractivity contribution in [3.8, 4) is 0 Å².